The van der Waals surface area contributed by atoms with Crippen LogP contribution in [0.15, 0.2) is 97.2 Å². The van der Waals surface area contributed by atoms with Crippen molar-refractivity contribution in [2.24, 2.45) is 0 Å². The molecule has 66 heavy (non-hydrogen) atoms. The van der Waals surface area contributed by atoms with Gasteiger partial charge in [-0.25, -0.2) is 0 Å². The van der Waals surface area contributed by atoms with Gasteiger partial charge in [0.2, 0.25) is 0 Å². The van der Waals surface area contributed by atoms with Crippen LogP contribution in [0.5, 0.6) is 0 Å². The van der Waals surface area contributed by atoms with E-state index in [2.05, 4.69) is 118 Å². The molecule has 0 aliphatic rings. The second-order valence-corrected chi connectivity index (χ2v) is 18.1. The van der Waals surface area contributed by atoms with Gasteiger partial charge >= 0.3 is 11.9 Å². The van der Waals surface area contributed by atoms with Gasteiger partial charge in [0.05, 0.1) is 6.61 Å². The van der Waals surface area contributed by atoms with Crippen LogP contribution >= 0.6 is 0 Å². The molecular weight excluding hydrogens is 813 g/mol. The molecule has 0 radical (unpaired) electrons. The highest BCUT2D eigenvalue weighted by Gasteiger charge is 2.17. The largest absolute Gasteiger partial charge is 0.462 e. The van der Waals surface area contributed by atoms with Crippen LogP contribution in [0.25, 0.3) is 0 Å². The lowest BCUT2D eigenvalue weighted by Crippen LogP contribution is -2.30. The van der Waals surface area contributed by atoms with E-state index in [-0.39, 0.29) is 25.2 Å². The second kappa shape index (κ2) is 56.1. The fraction of sp³-hybridized carbons (Fsp3) is 0.705. The molecule has 0 fully saturated rings. The van der Waals surface area contributed by atoms with Crippen molar-refractivity contribution in [3.8, 4) is 0 Å². The third-order valence-electron chi connectivity index (χ3n) is 11.6. The molecular formula is C61H104O5. The summed E-state index contributed by atoms with van der Waals surface area (Å²) in [5.74, 6) is -0.522. The molecule has 0 heterocycles. The van der Waals surface area contributed by atoms with E-state index in [4.69, 9.17) is 14.2 Å². The van der Waals surface area contributed by atoms with E-state index in [1.165, 1.54) is 135 Å². The summed E-state index contributed by atoms with van der Waals surface area (Å²) in [5, 5.41) is 0. The Morgan fingerprint density at radius 2 is 0.682 bits per heavy atom. The molecule has 0 saturated carbocycles. The number of carbonyl (C=O) groups excluding carboxylic acids is 2. The van der Waals surface area contributed by atoms with E-state index in [9.17, 15) is 9.59 Å². The van der Waals surface area contributed by atoms with Crippen LogP contribution < -0.4 is 0 Å². The third kappa shape index (κ3) is 53.4. The molecule has 0 aliphatic heterocycles. The molecule has 0 amide bonds. The van der Waals surface area contributed by atoms with Gasteiger partial charge in [-0.15, -0.1) is 0 Å². The number of unbranched alkanes of at least 4 members (excludes halogenated alkanes) is 23. The number of hydrogen-bond acceptors (Lipinski definition) is 5. The molecule has 0 saturated heterocycles. The molecule has 0 aromatic heterocycles. The monoisotopic (exact) mass is 917 g/mol. The smallest absolute Gasteiger partial charge is 0.306 e. The highest BCUT2D eigenvalue weighted by Crippen LogP contribution is 2.14. The van der Waals surface area contributed by atoms with Gasteiger partial charge in [-0.3, -0.25) is 9.59 Å². The van der Waals surface area contributed by atoms with Gasteiger partial charge in [-0.1, -0.05) is 246 Å². The first-order chi connectivity index (χ1) is 32.6. The summed E-state index contributed by atoms with van der Waals surface area (Å²) in [6, 6.07) is 0. The van der Waals surface area contributed by atoms with Crippen LogP contribution in [-0.2, 0) is 23.8 Å². The minimum atomic E-state index is -0.589. The quantitative estimate of drug-likeness (QED) is 0.0346. The molecule has 0 aromatic carbocycles. The Hall–Kier alpha value is -3.18. The average Bonchev–Trinajstić information content (AvgIpc) is 3.32. The first kappa shape index (κ1) is 62.8. The van der Waals surface area contributed by atoms with Crippen molar-refractivity contribution in [3.05, 3.63) is 97.2 Å². The Balaban J connectivity index is 4.44. The molecule has 0 bridgehead atoms. The number of allylic oxidation sites excluding steroid dienone is 16. The summed E-state index contributed by atoms with van der Waals surface area (Å²) in [6.45, 7) is 7.61. The summed E-state index contributed by atoms with van der Waals surface area (Å²) >= 11 is 0. The summed E-state index contributed by atoms with van der Waals surface area (Å²) in [4.78, 5) is 25.4. The van der Waals surface area contributed by atoms with Crippen molar-refractivity contribution >= 4 is 11.9 Å². The first-order valence-corrected chi connectivity index (χ1v) is 27.8. The second-order valence-electron chi connectivity index (χ2n) is 18.1. The molecule has 0 aromatic rings. The molecule has 0 unspecified atom stereocenters. The van der Waals surface area contributed by atoms with Crippen LogP contribution in [0.3, 0.4) is 0 Å². The predicted molar refractivity (Wildman–Crippen MR) is 288 cm³/mol. The highest BCUT2D eigenvalue weighted by molar-refractivity contribution is 5.70. The predicted octanol–water partition coefficient (Wildman–Crippen LogP) is 19.0. The summed E-state index contributed by atoms with van der Waals surface area (Å²) in [5.41, 5.74) is 0. The van der Waals surface area contributed by atoms with Gasteiger partial charge in [-0.05, 0) is 89.9 Å². The normalized spacial score (nSPS) is 13.0. The lowest BCUT2D eigenvalue weighted by Gasteiger charge is -2.18. The lowest BCUT2D eigenvalue weighted by atomic mass is 10.0. The van der Waals surface area contributed by atoms with Crippen molar-refractivity contribution in [2.45, 2.75) is 258 Å². The Morgan fingerprint density at radius 1 is 0.348 bits per heavy atom. The number of esters is 2. The molecule has 0 N–H and O–H groups in total. The van der Waals surface area contributed by atoms with Gasteiger partial charge < -0.3 is 14.2 Å². The number of hydrogen-bond donors (Lipinski definition) is 0. The standard InChI is InChI=1S/C61H104O5/c1-4-7-10-13-16-19-22-25-28-31-33-36-39-42-45-48-51-54-60(62)65-58-59(57-64-56-53-50-47-44-41-38-35-30-27-24-21-18-15-12-9-6-3)66-61(63)55-52-49-46-43-40-37-34-32-29-26-23-20-17-14-11-8-5-2/h7,10,16,19,25-26,28-29,33-34,36-37,42-43,45-46,59H,4-6,8-9,11-15,17-18,20-24,27,30-32,35,38-41,44,47-58H2,1-3H3/b10-7-,19-16-,28-25-,29-26-,36-33-,37-34-,45-42-,46-43-/t59-/m1/s1. The number of rotatable bonds is 50. The molecule has 5 heteroatoms. The van der Waals surface area contributed by atoms with Crippen LogP contribution in [0.2, 0.25) is 0 Å². The van der Waals surface area contributed by atoms with Gasteiger partial charge in [-0.2, -0.15) is 0 Å². The van der Waals surface area contributed by atoms with Crippen LogP contribution in [0.4, 0.5) is 0 Å². The van der Waals surface area contributed by atoms with Crippen LogP contribution in [0.1, 0.15) is 252 Å². The molecule has 5 nitrogen and oxygen atoms in total. The minimum absolute atomic E-state index is 0.0334. The SMILES string of the molecule is CC/C=C\C/C=C\C/C=C\C/C=C\C/C=C\CCCC(=O)OC[C@@H](COCCCCCCCCCCCCCCCCCC)OC(=O)CCC/C=C\C/C=C\C/C=C\CCCCCCCC. The van der Waals surface area contributed by atoms with E-state index in [1.807, 2.05) is 0 Å². The maximum atomic E-state index is 12.8. The summed E-state index contributed by atoms with van der Waals surface area (Å²) < 4.78 is 17.4. The van der Waals surface area contributed by atoms with Crippen LogP contribution in [-0.4, -0.2) is 37.9 Å². The summed E-state index contributed by atoms with van der Waals surface area (Å²) in [7, 11) is 0. The van der Waals surface area contributed by atoms with E-state index in [0.717, 1.165) is 83.5 Å². The number of carbonyl (C=O) groups is 2. The molecule has 0 spiro atoms. The molecule has 378 valence electrons. The van der Waals surface area contributed by atoms with E-state index >= 15 is 0 Å². The van der Waals surface area contributed by atoms with Crippen molar-refractivity contribution in [1.82, 2.24) is 0 Å². The van der Waals surface area contributed by atoms with E-state index < -0.39 is 6.10 Å². The minimum Gasteiger partial charge on any atom is -0.462 e. The summed E-state index contributed by atoms with van der Waals surface area (Å²) in [6.07, 6.45) is 75.8. The molecule has 0 aliphatic carbocycles. The Bertz CT molecular complexity index is 1270. The molecule has 1 atom stereocenters. The Kier molecular flexibility index (Phi) is 53.4. The van der Waals surface area contributed by atoms with E-state index in [0.29, 0.717) is 19.4 Å². The van der Waals surface area contributed by atoms with Crippen LogP contribution in [0, 0.1) is 0 Å². The zero-order chi connectivity index (χ0) is 47.7. The fourth-order valence-corrected chi connectivity index (χ4v) is 7.50. The Labute approximate surface area is 409 Å². The highest BCUT2D eigenvalue weighted by atomic mass is 16.6. The lowest BCUT2D eigenvalue weighted by molar-refractivity contribution is -0.162. The van der Waals surface area contributed by atoms with Crippen molar-refractivity contribution in [3.63, 3.8) is 0 Å². The zero-order valence-electron chi connectivity index (χ0n) is 43.4. The van der Waals surface area contributed by atoms with Crippen molar-refractivity contribution in [1.29, 1.82) is 0 Å². The maximum absolute atomic E-state index is 12.8. The third-order valence-corrected chi connectivity index (χ3v) is 11.6. The van der Waals surface area contributed by atoms with E-state index in [1.54, 1.807) is 0 Å². The van der Waals surface area contributed by atoms with Gasteiger partial charge in [0.1, 0.15) is 6.61 Å². The van der Waals surface area contributed by atoms with Crippen molar-refractivity contribution in [2.75, 3.05) is 19.8 Å². The van der Waals surface area contributed by atoms with Gasteiger partial charge in [0, 0.05) is 19.4 Å². The number of ether oxygens (including phenoxy) is 3. The van der Waals surface area contributed by atoms with Crippen molar-refractivity contribution < 1.29 is 23.8 Å². The Morgan fingerprint density at radius 3 is 1.09 bits per heavy atom. The zero-order valence-corrected chi connectivity index (χ0v) is 43.4. The maximum Gasteiger partial charge on any atom is 0.306 e. The van der Waals surface area contributed by atoms with Gasteiger partial charge in [0.25, 0.3) is 0 Å². The average molecular weight is 917 g/mol. The molecule has 0 rings (SSSR count). The van der Waals surface area contributed by atoms with Gasteiger partial charge in [0.15, 0.2) is 6.10 Å². The first-order valence-electron chi connectivity index (χ1n) is 27.8. The fourth-order valence-electron chi connectivity index (χ4n) is 7.50. The topological polar surface area (TPSA) is 61.8 Å².